The van der Waals surface area contributed by atoms with E-state index in [1.54, 1.807) is 6.92 Å². The molecule has 0 unspecified atom stereocenters. The summed E-state index contributed by atoms with van der Waals surface area (Å²) >= 11 is 0. The van der Waals surface area contributed by atoms with Gasteiger partial charge in [-0.25, -0.2) is 0 Å². The van der Waals surface area contributed by atoms with Gasteiger partial charge >= 0.3 is 0 Å². The van der Waals surface area contributed by atoms with Gasteiger partial charge in [0.15, 0.2) is 0 Å². The number of piperazine rings is 1. The normalized spacial score (nSPS) is 16.9. The van der Waals surface area contributed by atoms with E-state index in [1.165, 1.54) is 5.56 Å². The molecule has 0 bridgehead atoms. The third kappa shape index (κ3) is 6.02. The van der Waals surface area contributed by atoms with Gasteiger partial charge < -0.3 is 10.2 Å². The largest absolute Gasteiger partial charge is 0.353 e. The van der Waals surface area contributed by atoms with E-state index in [2.05, 4.69) is 29.3 Å². The van der Waals surface area contributed by atoms with Crippen molar-refractivity contribution in [3.05, 3.63) is 35.9 Å². The van der Waals surface area contributed by atoms with Crippen LogP contribution in [-0.4, -0.2) is 60.4 Å². The average Bonchev–Trinajstić information content (AvgIpc) is 2.54. The van der Waals surface area contributed by atoms with Gasteiger partial charge in [-0.1, -0.05) is 30.3 Å². The summed E-state index contributed by atoms with van der Waals surface area (Å²) < 4.78 is 0. The molecular formula is C18H27N3O2. The first kappa shape index (κ1) is 17.5. The van der Waals surface area contributed by atoms with Gasteiger partial charge in [-0.3, -0.25) is 14.5 Å². The number of nitrogens with zero attached hydrogens (tertiary/aromatic N) is 2. The SMILES string of the molecule is CC(=O)N1CCN(CC(=O)N[C@H](C)CCc2ccccc2)CC1. The van der Waals surface area contributed by atoms with E-state index >= 15 is 0 Å². The highest BCUT2D eigenvalue weighted by Gasteiger charge is 2.20. The van der Waals surface area contributed by atoms with Crippen molar-refractivity contribution in [1.82, 2.24) is 15.1 Å². The van der Waals surface area contributed by atoms with Crippen molar-refractivity contribution in [2.75, 3.05) is 32.7 Å². The Bertz CT molecular complexity index is 510. The number of rotatable bonds is 6. The van der Waals surface area contributed by atoms with Gasteiger partial charge in [0.25, 0.3) is 0 Å². The third-order valence-corrected chi connectivity index (χ3v) is 4.30. The second kappa shape index (κ2) is 8.67. The average molecular weight is 317 g/mol. The second-order valence-electron chi connectivity index (χ2n) is 6.28. The van der Waals surface area contributed by atoms with Gasteiger partial charge in [0.2, 0.25) is 11.8 Å². The molecule has 1 fully saturated rings. The molecule has 1 heterocycles. The lowest BCUT2D eigenvalue weighted by Gasteiger charge is -2.33. The Kier molecular flexibility index (Phi) is 6.59. The maximum absolute atomic E-state index is 12.1. The molecule has 23 heavy (non-hydrogen) atoms. The van der Waals surface area contributed by atoms with Crippen molar-refractivity contribution < 1.29 is 9.59 Å². The van der Waals surface area contributed by atoms with E-state index in [1.807, 2.05) is 23.1 Å². The standard InChI is InChI=1S/C18H27N3O2/c1-15(8-9-17-6-4-3-5-7-17)19-18(23)14-20-10-12-21(13-11-20)16(2)22/h3-7,15H,8-14H2,1-2H3,(H,19,23)/t15-/m1/s1. The summed E-state index contributed by atoms with van der Waals surface area (Å²) in [6.45, 7) is 7.03. The molecule has 1 N–H and O–H groups in total. The van der Waals surface area contributed by atoms with Gasteiger partial charge in [-0.05, 0) is 25.3 Å². The van der Waals surface area contributed by atoms with Gasteiger partial charge in [0.1, 0.15) is 0 Å². The van der Waals surface area contributed by atoms with Crippen molar-refractivity contribution in [3.8, 4) is 0 Å². The zero-order valence-corrected chi connectivity index (χ0v) is 14.1. The molecule has 1 atom stereocenters. The molecule has 1 saturated heterocycles. The van der Waals surface area contributed by atoms with E-state index in [0.29, 0.717) is 19.6 Å². The van der Waals surface area contributed by atoms with Crippen LogP contribution < -0.4 is 5.32 Å². The Morgan fingerprint density at radius 3 is 2.39 bits per heavy atom. The summed E-state index contributed by atoms with van der Waals surface area (Å²) in [7, 11) is 0. The van der Waals surface area contributed by atoms with Gasteiger partial charge in [0.05, 0.1) is 6.54 Å². The van der Waals surface area contributed by atoms with E-state index in [9.17, 15) is 9.59 Å². The maximum Gasteiger partial charge on any atom is 0.234 e. The molecule has 1 aliphatic heterocycles. The van der Waals surface area contributed by atoms with Crippen LogP contribution in [0.15, 0.2) is 30.3 Å². The number of carbonyl (C=O) groups excluding carboxylic acids is 2. The smallest absolute Gasteiger partial charge is 0.234 e. The van der Waals surface area contributed by atoms with Crippen LogP contribution in [0.3, 0.4) is 0 Å². The Morgan fingerprint density at radius 1 is 1.13 bits per heavy atom. The lowest BCUT2D eigenvalue weighted by atomic mass is 10.1. The van der Waals surface area contributed by atoms with Crippen LogP contribution in [0.5, 0.6) is 0 Å². The van der Waals surface area contributed by atoms with Gasteiger partial charge in [0, 0.05) is 39.1 Å². The second-order valence-corrected chi connectivity index (χ2v) is 6.28. The molecular weight excluding hydrogens is 290 g/mol. The first-order valence-electron chi connectivity index (χ1n) is 8.36. The molecule has 5 heteroatoms. The van der Waals surface area contributed by atoms with E-state index in [0.717, 1.165) is 25.9 Å². The van der Waals surface area contributed by atoms with Crippen LogP contribution >= 0.6 is 0 Å². The molecule has 0 radical (unpaired) electrons. The molecule has 0 aromatic heterocycles. The lowest BCUT2D eigenvalue weighted by molar-refractivity contribution is -0.131. The van der Waals surface area contributed by atoms with Crippen molar-refractivity contribution >= 4 is 11.8 Å². The number of nitrogens with one attached hydrogen (secondary N) is 1. The highest BCUT2D eigenvalue weighted by atomic mass is 16.2. The Labute approximate surface area is 138 Å². The third-order valence-electron chi connectivity index (χ3n) is 4.30. The molecule has 1 aromatic carbocycles. The minimum Gasteiger partial charge on any atom is -0.353 e. The van der Waals surface area contributed by atoms with Gasteiger partial charge in [-0.15, -0.1) is 0 Å². The fraction of sp³-hybridized carbons (Fsp3) is 0.556. The summed E-state index contributed by atoms with van der Waals surface area (Å²) in [5, 5.41) is 3.07. The Balaban J connectivity index is 1.65. The van der Waals surface area contributed by atoms with Crippen LogP contribution in [0.1, 0.15) is 25.8 Å². The van der Waals surface area contributed by atoms with Crippen molar-refractivity contribution in [1.29, 1.82) is 0 Å². The van der Waals surface area contributed by atoms with Crippen LogP contribution in [0.4, 0.5) is 0 Å². The molecule has 1 aromatic rings. The number of carbonyl (C=O) groups is 2. The zero-order valence-electron chi connectivity index (χ0n) is 14.1. The summed E-state index contributed by atoms with van der Waals surface area (Å²) in [5.41, 5.74) is 1.30. The highest BCUT2D eigenvalue weighted by molar-refractivity contribution is 5.78. The monoisotopic (exact) mass is 317 g/mol. The molecule has 2 rings (SSSR count). The van der Waals surface area contributed by atoms with Crippen LogP contribution in [0, 0.1) is 0 Å². The first-order valence-corrected chi connectivity index (χ1v) is 8.36. The molecule has 2 amide bonds. The number of benzene rings is 1. The predicted molar refractivity (Wildman–Crippen MR) is 91.1 cm³/mol. The Hall–Kier alpha value is -1.88. The van der Waals surface area contributed by atoms with Gasteiger partial charge in [-0.2, -0.15) is 0 Å². The maximum atomic E-state index is 12.1. The van der Waals surface area contributed by atoms with Crippen molar-refractivity contribution in [2.45, 2.75) is 32.7 Å². The van der Waals surface area contributed by atoms with Crippen molar-refractivity contribution in [3.63, 3.8) is 0 Å². The topological polar surface area (TPSA) is 52.7 Å². The summed E-state index contributed by atoms with van der Waals surface area (Å²) in [6.07, 6.45) is 1.91. The number of aryl methyl sites for hydroxylation is 1. The molecule has 126 valence electrons. The Morgan fingerprint density at radius 2 is 1.78 bits per heavy atom. The summed E-state index contributed by atoms with van der Waals surface area (Å²) in [5.74, 6) is 0.186. The molecule has 0 spiro atoms. The lowest BCUT2D eigenvalue weighted by Crippen LogP contribution is -2.51. The van der Waals surface area contributed by atoms with Crippen LogP contribution in [0.2, 0.25) is 0 Å². The van der Waals surface area contributed by atoms with Crippen molar-refractivity contribution in [2.24, 2.45) is 0 Å². The first-order chi connectivity index (χ1) is 11.0. The summed E-state index contributed by atoms with van der Waals surface area (Å²) in [4.78, 5) is 27.3. The molecule has 0 saturated carbocycles. The highest BCUT2D eigenvalue weighted by Crippen LogP contribution is 2.05. The minimum absolute atomic E-state index is 0.0711. The summed E-state index contributed by atoms with van der Waals surface area (Å²) in [6, 6.07) is 10.5. The quantitative estimate of drug-likeness (QED) is 0.860. The molecule has 5 nitrogen and oxygen atoms in total. The number of hydrogen-bond donors (Lipinski definition) is 1. The van der Waals surface area contributed by atoms with Crippen LogP contribution in [-0.2, 0) is 16.0 Å². The fourth-order valence-electron chi connectivity index (χ4n) is 2.84. The van der Waals surface area contributed by atoms with E-state index in [4.69, 9.17) is 0 Å². The predicted octanol–water partition coefficient (Wildman–Crippen LogP) is 1.29. The fourth-order valence-corrected chi connectivity index (χ4v) is 2.84. The number of hydrogen-bond acceptors (Lipinski definition) is 3. The van der Waals surface area contributed by atoms with E-state index in [-0.39, 0.29) is 17.9 Å². The minimum atomic E-state index is 0.0711. The molecule has 0 aliphatic carbocycles. The number of amides is 2. The zero-order chi connectivity index (χ0) is 16.7. The molecule has 1 aliphatic rings. The van der Waals surface area contributed by atoms with Crippen LogP contribution in [0.25, 0.3) is 0 Å². The van der Waals surface area contributed by atoms with E-state index < -0.39 is 0 Å².